The molecule has 1 aliphatic heterocycles. The van der Waals surface area contributed by atoms with E-state index in [4.69, 9.17) is 4.52 Å². The van der Waals surface area contributed by atoms with Gasteiger partial charge < -0.3 is 9.42 Å². The zero-order chi connectivity index (χ0) is 15.1. The van der Waals surface area contributed by atoms with Crippen LogP contribution in [0.15, 0.2) is 16.7 Å². The third kappa shape index (κ3) is 2.36. The van der Waals surface area contributed by atoms with E-state index in [0.717, 1.165) is 37.9 Å². The lowest BCUT2D eigenvalue weighted by atomic mass is 10.2. The molecule has 114 valence electrons. The van der Waals surface area contributed by atoms with Crippen molar-refractivity contribution in [1.29, 1.82) is 0 Å². The Morgan fingerprint density at radius 1 is 1.27 bits per heavy atom. The minimum atomic E-state index is -0.0900. The van der Waals surface area contributed by atoms with Crippen LogP contribution in [0.5, 0.6) is 0 Å². The molecule has 2 aliphatic rings. The first kappa shape index (κ1) is 13.4. The molecule has 1 saturated heterocycles. The Labute approximate surface area is 127 Å². The van der Waals surface area contributed by atoms with Gasteiger partial charge in [-0.2, -0.15) is 10.1 Å². The number of amides is 1. The van der Waals surface area contributed by atoms with E-state index >= 15 is 0 Å². The van der Waals surface area contributed by atoms with Gasteiger partial charge in [0.1, 0.15) is 11.7 Å². The molecule has 1 amide bonds. The average molecular weight is 299 g/mol. The predicted octanol–water partition coefficient (Wildman–Crippen LogP) is 1.91. The molecule has 0 spiro atoms. The molecule has 0 radical (unpaired) electrons. The maximum absolute atomic E-state index is 12.3. The van der Waals surface area contributed by atoms with Gasteiger partial charge in [0.05, 0.1) is 5.69 Å². The van der Waals surface area contributed by atoms with E-state index in [1.165, 1.54) is 0 Å². The van der Waals surface area contributed by atoms with Crippen LogP contribution in [-0.2, 0) is 4.79 Å². The molecule has 2 aromatic rings. The van der Waals surface area contributed by atoms with Gasteiger partial charge in [-0.05, 0) is 44.7 Å². The van der Waals surface area contributed by atoms with Gasteiger partial charge in [-0.1, -0.05) is 5.16 Å². The van der Waals surface area contributed by atoms with Gasteiger partial charge in [-0.25, -0.2) is 0 Å². The van der Waals surface area contributed by atoms with Crippen molar-refractivity contribution in [2.45, 2.75) is 38.6 Å². The van der Waals surface area contributed by atoms with Crippen molar-refractivity contribution in [1.82, 2.24) is 25.2 Å². The van der Waals surface area contributed by atoms with E-state index in [2.05, 4.69) is 20.3 Å². The first-order chi connectivity index (χ1) is 10.7. The third-order valence-electron chi connectivity index (χ3n) is 4.22. The van der Waals surface area contributed by atoms with Crippen molar-refractivity contribution in [3.05, 3.63) is 23.7 Å². The molecule has 7 nitrogen and oxygen atoms in total. The lowest BCUT2D eigenvalue weighted by Crippen LogP contribution is -2.31. The molecule has 1 saturated carbocycles. The zero-order valence-electron chi connectivity index (χ0n) is 12.4. The molecule has 0 unspecified atom stereocenters. The van der Waals surface area contributed by atoms with Crippen LogP contribution < -0.4 is 0 Å². The quantitative estimate of drug-likeness (QED) is 0.860. The number of nitrogens with zero attached hydrogens (tertiary/aromatic N) is 5. The van der Waals surface area contributed by atoms with E-state index in [1.807, 2.05) is 24.0 Å². The topological polar surface area (TPSA) is 85.0 Å². The molecule has 7 heteroatoms. The molecule has 4 rings (SSSR count). The highest BCUT2D eigenvalue weighted by atomic mass is 16.5. The Morgan fingerprint density at radius 3 is 2.86 bits per heavy atom. The van der Waals surface area contributed by atoms with Crippen LogP contribution >= 0.6 is 0 Å². The highest BCUT2D eigenvalue weighted by Crippen LogP contribution is 2.38. The number of likely N-dealkylation sites (tertiary alicyclic amines) is 1. The van der Waals surface area contributed by atoms with Crippen molar-refractivity contribution >= 4 is 5.91 Å². The van der Waals surface area contributed by atoms with E-state index < -0.39 is 0 Å². The van der Waals surface area contributed by atoms with E-state index in [0.29, 0.717) is 17.4 Å². The molecule has 0 N–H and O–H groups in total. The van der Waals surface area contributed by atoms with Gasteiger partial charge in [0.15, 0.2) is 0 Å². The summed E-state index contributed by atoms with van der Waals surface area (Å²) in [5.41, 5.74) is 1.42. The maximum Gasteiger partial charge on any atom is 0.249 e. The Morgan fingerprint density at radius 2 is 2.14 bits per heavy atom. The molecule has 1 aliphatic carbocycles. The number of aromatic nitrogens is 4. The lowest BCUT2D eigenvalue weighted by Gasteiger charge is -2.21. The second-order valence-electron chi connectivity index (χ2n) is 5.98. The number of aryl methyl sites for hydroxylation is 1. The van der Waals surface area contributed by atoms with Crippen molar-refractivity contribution in [3.8, 4) is 11.5 Å². The summed E-state index contributed by atoms with van der Waals surface area (Å²) in [5, 5.41) is 12.1. The number of hydrogen-bond donors (Lipinski definition) is 0. The Balaban J connectivity index is 1.57. The molecule has 0 aromatic carbocycles. The van der Waals surface area contributed by atoms with Gasteiger partial charge >= 0.3 is 0 Å². The van der Waals surface area contributed by atoms with Crippen LogP contribution in [0.3, 0.4) is 0 Å². The summed E-state index contributed by atoms with van der Waals surface area (Å²) in [7, 11) is 0. The molecule has 22 heavy (non-hydrogen) atoms. The summed E-state index contributed by atoms with van der Waals surface area (Å²) < 4.78 is 5.39. The molecule has 3 heterocycles. The fraction of sp³-hybridized carbons (Fsp3) is 0.533. The molecule has 1 atom stereocenters. The summed E-state index contributed by atoms with van der Waals surface area (Å²) in [4.78, 5) is 18.6. The molecule has 0 bridgehead atoms. The molecular formula is C15H17N5O2. The van der Waals surface area contributed by atoms with Gasteiger partial charge in [-0.15, -0.1) is 5.10 Å². The average Bonchev–Trinajstić information content (AvgIpc) is 3.07. The summed E-state index contributed by atoms with van der Waals surface area (Å²) in [6.07, 6.45) is 3.87. The molecule has 2 aromatic heterocycles. The Hall–Kier alpha value is -2.31. The van der Waals surface area contributed by atoms with Crippen LogP contribution in [0.1, 0.15) is 43.3 Å². The first-order valence-corrected chi connectivity index (χ1v) is 7.67. The van der Waals surface area contributed by atoms with Crippen molar-refractivity contribution in [2.75, 3.05) is 6.54 Å². The highest BCUT2D eigenvalue weighted by molar-refractivity contribution is 5.81. The van der Waals surface area contributed by atoms with E-state index in [9.17, 15) is 4.79 Å². The van der Waals surface area contributed by atoms with Crippen LogP contribution in [0.4, 0.5) is 0 Å². The van der Waals surface area contributed by atoms with E-state index in [1.54, 1.807) is 0 Å². The smallest absolute Gasteiger partial charge is 0.249 e. The van der Waals surface area contributed by atoms with Crippen LogP contribution in [0.2, 0.25) is 0 Å². The van der Waals surface area contributed by atoms with E-state index in [-0.39, 0.29) is 17.9 Å². The monoisotopic (exact) mass is 299 g/mol. The molecule has 2 fully saturated rings. The van der Waals surface area contributed by atoms with Crippen LogP contribution in [0, 0.1) is 12.8 Å². The van der Waals surface area contributed by atoms with Gasteiger partial charge in [-0.3, -0.25) is 4.79 Å². The maximum atomic E-state index is 12.3. The predicted molar refractivity (Wildman–Crippen MR) is 76.5 cm³/mol. The summed E-state index contributed by atoms with van der Waals surface area (Å²) in [6, 6.07) is 3.59. The standard InChI is InChI=1S/C15H17N5O2/c1-9-4-7-11(18-17-9)13-16-14(22-19-13)12-3-2-8-20(12)15(21)10-5-6-10/h4,7,10,12H,2-3,5-6,8H2,1H3/t12-/m0/s1. The minimum absolute atomic E-state index is 0.0900. The fourth-order valence-electron chi connectivity index (χ4n) is 2.84. The fourth-order valence-corrected chi connectivity index (χ4v) is 2.84. The SMILES string of the molecule is Cc1ccc(-c2noc([C@@H]3CCCN3C(=O)C3CC3)n2)nn1. The number of hydrogen-bond acceptors (Lipinski definition) is 6. The van der Waals surface area contributed by atoms with Gasteiger partial charge in [0.25, 0.3) is 0 Å². The Kier molecular flexibility index (Phi) is 3.13. The second kappa shape index (κ2) is 5.15. The minimum Gasteiger partial charge on any atom is -0.337 e. The van der Waals surface area contributed by atoms with Crippen LogP contribution in [0.25, 0.3) is 11.5 Å². The second-order valence-corrected chi connectivity index (χ2v) is 5.98. The molecular weight excluding hydrogens is 282 g/mol. The highest BCUT2D eigenvalue weighted by Gasteiger charge is 2.40. The zero-order valence-corrected chi connectivity index (χ0v) is 12.4. The van der Waals surface area contributed by atoms with Gasteiger partial charge in [0.2, 0.25) is 17.6 Å². The third-order valence-corrected chi connectivity index (χ3v) is 4.22. The van der Waals surface area contributed by atoms with Crippen molar-refractivity contribution in [3.63, 3.8) is 0 Å². The summed E-state index contributed by atoms with van der Waals surface area (Å²) in [6.45, 7) is 2.65. The first-order valence-electron chi connectivity index (χ1n) is 7.67. The summed E-state index contributed by atoms with van der Waals surface area (Å²) in [5.74, 6) is 1.38. The number of rotatable bonds is 3. The Bertz CT molecular complexity index is 692. The van der Waals surface area contributed by atoms with Crippen molar-refractivity contribution < 1.29 is 9.32 Å². The lowest BCUT2D eigenvalue weighted by molar-refractivity contribution is -0.133. The van der Waals surface area contributed by atoms with Crippen molar-refractivity contribution in [2.24, 2.45) is 5.92 Å². The van der Waals surface area contributed by atoms with Gasteiger partial charge in [0, 0.05) is 12.5 Å². The number of carbonyl (C=O) groups excluding carboxylic acids is 1. The number of carbonyl (C=O) groups is 1. The summed E-state index contributed by atoms with van der Waals surface area (Å²) >= 11 is 0. The van der Waals surface area contributed by atoms with Crippen LogP contribution in [-0.4, -0.2) is 37.7 Å². The largest absolute Gasteiger partial charge is 0.337 e. The normalized spacial score (nSPS) is 21.3.